The van der Waals surface area contributed by atoms with Crippen molar-refractivity contribution < 1.29 is 9.84 Å². The normalized spacial score (nSPS) is 26.6. The molecule has 0 unspecified atom stereocenters. The molecular weight excluding hydrogens is 310 g/mol. The summed E-state index contributed by atoms with van der Waals surface area (Å²) in [5.74, 6) is 1.69. The summed E-state index contributed by atoms with van der Waals surface area (Å²) < 4.78 is 5.81. The van der Waals surface area contributed by atoms with Crippen molar-refractivity contribution in [3.05, 3.63) is 29.8 Å². The Hall–Kier alpha value is -1.06. The maximum Gasteiger partial charge on any atom is 0.119 e. The Balaban J connectivity index is 1.71. The van der Waals surface area contributed by atoms with Gasteiger partial charge in [0.1, 0.15) is 5.75 Å². The number of nitrogens with one attached hydrogen (secondary N) is 1. The molecule has 0 radical (unpaired) electrons. The van der Waals surface area contributed by atoms with Gasteiger partial charge in [-0.2, -0.15) is 0 Å². The fourth-order valence-electron chi connectivity index (χ4n) is 4.49. The highest BCUT2D eigenvalue weighted by Gasteiger charge is 2.29. The number of rotatable bonds is 6. The zero-order valence-electron chi connectivity index (χ0n) is 15.9. The second-order valence-corrected chi connectivity index (χ2v) is 8.28. The number of aliphatic hydroxyl groups excluding tert-OH is 1. The van der Waals surface area contributed by atoms with Crippen LogP contribution in [0.3, 0.4) is 0 Å². The summed E-state index contributed by atoms with van der Waals surface area (Å²) in [6.07, 6.45) is 11.0. The highest BCUT2D eigenvalue weighted by atomic mass is 16.5. The molecule has 3 heteroatoms. The van der Waals surface area contributed by atoms with Crippen LogP contribution in [0, 0.1) is 5.92 Å². The smallest absolute Gasteiger partial charge is 0.119 e. The molecule has 3 nitrogen and oxygen atoms in total. The highest BCUT2D eigenvalue weighted by molar-refractivity contribution is 5.30. The van der Waals surface area contributed by atoms with Gasteiger partial charge in [-0.05, 0) is 76.0 Å². The van der Waals surface area contributed by atoms with Gasteiger partial charge in [0.25, 0.3) is 0 Å². The molecule has 3 rings (SSSR count). The Morgan fingerprint density at radius 1 is 0.920 bits per heavy atom. The van der Waals surface area contributed by atoms with Gasteiger partial charge in [0.2, 0.25) is 0 Å². The van der Waals surface area contributed by atoms with E-state index in [1.54, 1.807) is 0 Å². The summed E-state index contributed by atoms with van der Waals surface area (Å²) in [6.45, 7) is 4.13. The lowest BCUT2D eigenvalue weighted by Gasteiger charge is -2.36. The molecule has 0 bridgehead atoms. The number of hydrogen-bond donors (Lipinski definition) is 2. The zero-order valence-corrected chi connectivity index (χ0v) is 15.9. The Morgan fingerprint density at radius 2 is 1.56 bits per heavy atom. The minimum atomic E-state index is -0.0846. The van der Waals surface area contributed by atoms with Crippen molar-refractivity contribution in [2.75, 3.05) is 0 Å². The number of benzene rings is 1. The van der Waals surface area contributed by atoms with E-state index in [2.05, 4.69) is 43.4 Å². The van der Waals surface area contributed by atoms with E-state index in [-0.39, 0.29) is 12.2 Å². The first-order chi connectivity index (χ1) is 12.1. The predicted molar refractivity (Wildman–Crippen MR) is 103 cm³/mol. The van der Waals surface area contributed by atoms with E-state index in [0.29, 0.717) is 12.1 Å². The van der Waals surface area contributed by atoms with Crippen LogP contribution in [0.15, 0.2) is 24.3 Å². The first kappa shape index (κ1) is 18.7. The molecule has 2 fully saturated rings. The zero-order chi connectivity index (χ0) is 17.6. The Labute approximate surface area is 153 Å². The average molecular weight is 346 g/mol. The molecule has 2 saturated carbocycles. The van der Waals surface area contributed by atoms with Crippen LogP contribution in [0.25, 0.3) is 0 Å². The summed E-state index contributed by atoms with van der Waals surface area (Å²) in [4.78, 5) is 0. The van der Waals surface area contributed by atoms with Crippen LogP contribution in [-0.4, -0.2) is 23.4 Å². The van der Waals surface area contributed by atoms with Gasteiger partial charge in [0.05, 0.1) is 12.2 Å². The first-order valence-electron chi connectivity index (χ1n) is 10.3. The SMILES string of the molecule is CC(C)Oc1ccc([C@@H](N[C@H]2CC[C@@H](O)CC2)C2CCCCC2)cc1. The Kier molecular flexibility index (Phi) is 6.77. The van der Waals surface area contributed by atoms with E-state index in [0.717, 1.165) is 37.4 Å². The minimum absolute atomic E-state index is 0.0846. The van der Waals surface area contributed by atoms with Gasteiger partial charge in [-0.25, -0.2) is 0 Å². The quantitative estimate of drug-likeness (QED) is 0.763. The van der Waals surface area contributed by atoms with E-state index >= 15 is 0 Å². The van der Waals surface area contributed by atoms with Crippen LogP contribution in [0.4, 0.5) is 0 Å². The number of aliphatic hydroxyl groups is 1. The molecule has 1 aromatic rings. The van der Waals surface area contributed by atoms with Gasteiger partial charge in [-0.1, -0.05) is 31.4 Å². The molecule has 2 N–H and O–H groups in total. The van der Waals surface area contributed by atoms with E-state index in [4.69, 9.17) is 4.74 Å². The van der Waals surface area contributed by atoms with Crippen molar-refractivity contribution in [1.82, 2.24) is 5.32 Å². The maximum absolute atomic E-state index is 9.79. The fraction of sp³-hybridized carbons (Fsp3) is 0.727. The van der Waals surface area contributed by atoms with Crippen LogP contribution in [0.2, 0.25) is 0 Å². The van der Waals surface area contributed by atoms with E-state index in [1.165, 1.54) is 37.7 Å². The van der Waals surface area contributed by atoms with Crippen molar-refractivity contribution >= 4 is 0 Å². The lowest BCUT2D eigenvalue weighted by atomic mass is 9.80. The number of ether oxygens (including phenoxy) is 1. The third kappa shape index (κ3) is 5.46. The van der Waals surface area contributed by atoms with Crippen LogP contribution in [0.1, 0.15) is 83.2 Å². The maximum atomic E-state index is 9.79. The summed E-state index contributed by atoms with van der Waals surface area (Å²) in [7, 11) is 0. The van der Waals surface area contributed by atoms with Gasteiger partial charge in [0.15, 0.2) is 0 Å². The Bertz CT molecular complexity index is 499. The Morgan fingerprint density at radius 3 is 2.16 bits per heavy atom. The van der Waals surface area contributed by atoms with Crippen LogP contribution in [-0.2, 0) is 0 Å². The van der Waals surface area contributed by atoms with Crippen LogP contribution >= 0.6 is 0 Å². The molecule has 1 atom stereocenters. The molecular formula is C22H35NO2. The molecule has 0 spiro atoms. The minimum Gasteiger partial charge on any atom is -0.491 e. The van der Waals surface area contributed by atoms with Crippen molar-refractivity contribution in [3.63, 3.8) is 0 Å². The summed E-state index contributed by atoms with van der Waals surface area (Å²) in [5.41, 5.74) is 1.40. The fourth-order valence-corrected chi connectivity index (χ4v) is 4.49. The summed E-state index contributed by atoms with van der Waals surface area (Å²) in [6, 6.07) is 9.73. The standard InChI is InChI=1S/C22H35NO2/c1-16(2)25-21-14-8-18(9-15-21)22(17-6-4-3-5-7-17)23-19-10-12-20(24)13-11-19/h8-9,14-17,19-20,22-24H,3-7,10-13H2,1-2H3/t19-,20+,22-/m0/s1. The second-order valence-electron chi connectivity index (χ2n) is 8.28. The van der Waals surface area contributed by atoms with Gasteiger partial charge in [0, 0.05) is 12.1 Å². The van der Waals surface area contributed by atoms with Gasteiger partial charge < -0.3 is 15.2 Å². The molecule has 2 aliphatic carbocycles. The predicted octanol–water partition coefficient (Wildman–Crippen LogP) is 4.99. The summed E-state index contributed by atoms with van der Waals surface area (Å²) >= 11 is 0. The highest BCUT2D eigenvalue weighted by Crippen LogP contribution is 2.36. The lowest BCUT2D eigenvalue weighted by Crippen LogP contribution is -2.40. The van der Waals surface area contributed by atoms with Crippen molar-refractivity contribution in [1.29, 1.82) is 0 Å². The number of hydrogen-bond acceptors (Lipinski definition) is 3. The molecule has 140 valence electrons. The lowest BCUT2D eigenvalue weighted by molar-refractivity contribution is 0.109. The van der Waals surface area contributed by atoms with E-state index in [9.17, 15) is 5.11 Å². The topological polar surface area (TPSA) is 41.5 Å². The second kappa shape index (κ2) is 9.05. The van der Waals surface area contributed by atoms with E-state index in [1.807, 2.05) is 0 Å². The third-order valence-electron chi connectivity index (χ3n) is 5.84. The molecule has 0 aliphatic heterocycles. The van der Waals surface area contributed by atoms with Crippen LogP contribution < -0.4 is 10.1 Å². The third-order valence-corrected chi connectivity index (χ3v) is 5.84. The van der Waals surface area contributed by atoms with Crippen molar-refractivity contribution in [3.8, 4) is 5.75 Å². The van der Waals surface area contributed by atoms with Gasteiger partial charge in [-0.15, -0.1) is 0 Å². The molecule has 0 amide bonds. The molecule has 0 saturated heterocycles. The molecule has 1 aromatic carbocycles. The molecule has 0 aromatic heterocycles. The monoisotopic (exact) mass is 345 g/mol. The first-order valence-corrected chi connectivity index (χ1v) is 10.3. The van der Waals surface area contributed by atoms with Gasteiger partial charge >= 0.3 is 0 Å². The van der Waals surface area contributed by atoms with E-state index < -0.39 is 0 Å². The molecule has 2 aliphatic rings. The largest absolute Gasteiger partial charge is 0.491 e. The van der Waals surface area contributed by atoms with Crippen molar-refractivity contribution in [2.24, 2.45) is 5.92 Å². The summed E-state index contributed by atoms with van der Waals surface area (Å²) in [5, 5.41) is 13.8. The molecule has 0 heterocycles. The van der Waals surface area contributed by atoms with Crippen molar-refractivity contribution in [2.45, 2.75) is 95.9 Å². The van der Waals surface area contributed by atoms with Gasteiger partial charge in [-0.3, -0.25) is 0 Å². The van der Waals surface area contributed by atoms with Crippen LogP contribution in [0.5, 0.6) is 5.75 Å². The molecule has 25 heavy (non-hydrogen) atoms. The average Bonchev–Trinajstić information content (AvgIpc) is 2.62.